The maximum Gasteiger partial charge on any atom is 0.0480 e. The molecule has 0 unspecified atom stereocenters. The second kappa shape index (κ2) is 7.23. The van der Waals surface area contributed by atoms with Crippen molar-refractivity contribution in [2.75, 3.05) is 13.6 Å². The first kappa shape index (κ1) is 16.8. The quantitative estimate of drug-likeness (QED) is 0.622. The second-order valence-electron chi connectivity index (χ2n) is 7.17. The standard InChI is InChI=1S/C22H28N2/c1-17(2)19-11-9-18(10-12-19)15-23(3)14-13-20-16-24(4)22-8-6-5-7-21(20)22/h5-12,16-17H,13-15H2,1-4H3. The molecular weight excluding hydrogens is 292 g/mol. The Hall–Kier alpha value is -2.06. The molecule has 0 aliphatic rings. The van der Waals surface area contributed by atoms with Crippen LogP contribution in [0.4, 0.5) is 0 Å². The lowest BCUT2D eigenvalue weighted by Crippen LogP contribution is -2.20. The molecule has 24 heavy (non-hydrogen) atoms. The van der Waals surface area contributed by atoms with Crippen molar-refractivity contribution in [3.63, 3.8) is 0 Å². The van der Waals surface area contributed by atoms with E-state index in [1.54, 1.807) is 0 Å². The van der Waals surface area contributed by atoms with Gasteiger partial charge in [0.1, 0.15) is 0 Å². The number of aryl methyl sites for hydroxylation is 1. The molecule has 0 bridgehead atoms. The lowest BCUT2D eigenvalue weighted by molar-refractivity contribution is 0.331. The molecular formula is C22H28N2. The van der Waals surface area contributed by atoms with Crippen molar-refractivity contribution in [1.29, 1.82) is 0 Å². The topological polar surface area (TPSA) is 8.17 Å². The molecule has 3 aromatic rings. The van der Waals surface area contributed by atoms with Crippen LogP contribution < -0.4 is 0 Å². The van der Waals surface area contributed by atoms with Crippen LogP contribution >= 0.6 is 0 Å². The van der Waals surface area contributed by atoms with Crippen molar-refractivity contribution >= 4 is 10.9 Å². The van der Waals surface area contributed by atoms with Gasteiger partial charge in [0.25, 0.3) is 0 Å². The van der Waals surface area contributed by atoms with Crippen LogP contribution in [0, 0.1) is 0 Å². The third-order valence-corrected chi connectivity index (χ3v) is 4.84. The fourth-order valence-electron chi connectivity index (χ4n) is 3.33. The maximum atomic E-state index is 2.41. The fraction of sp³-hybridized carbons (Fsp3) is 0.364. The number of aromatic nitrogens is 1. The van der Waals surface area contributed by atoms with E-state index < -0.39 is 0 Å². The van der Waals surface area contributed by atoms with E-state index in [1.165, 1.54) is 27.6 Å². The van der Waals surface area contributed by atoms with Gasteiger partial charge in [-0.15, -0.1) is 0 Å². The molecule has 3 rings (SSSR count). The van der Waals surface area contributed by atoms with Crippen LogP contribution in [0.1, 0.15) is 36.5 Å². The van der Waals surface area contributed by atoms with Crippen molar-refractivity contribution in [2.45, 2.75) is 32.7 Å². The summed E-state index contributed by atoms with van der Waals surface area (Å²) in [6.07, 6.45) is 3.36. The van der Waals surface area contributed by atoms with E-state index in [-0.39, 0.29) is 0 Å². The van der Waals surface area contributed by atoms with E-state index >= 15 is 0 Å². The Balaban J connectivity index is 1.61. The summed E-state index contributed by atoms with van der Waals surface area (Å²) >= 11 is 0. The summed E-state index contributed by atoms with van der Waals surface area (Å²) < 4.78 is 2.23. The number of benzene rings is 2. The largest absolute Gasteiger partial charge is 0.350 e. The predicted octanol–water partition coefficient (Wildman–Crippen LogP) is 4.98. The molecule has 0 radical (unpaired) electrons. The van der Waals surface area contributed by atoms with Gasteiger partial charge in [-0.1, -0.05) is 56.3 Å². The number of hydrogen-bond donors (Lipinski definition) is 0. The van der Waals surface area contributed by atoms with Gasteiger partial charge in [0, 0.05) is 37.2 Å². The first-order valence-electron chi connectivity index (χ1n) is 8.85. The van der Waals surface area contributed by atoms with Crippen molar-refractivity contribution in [1.82, 2.24) is 9.47 Å². The lowest BCUT2D eigenvalue weighted by atomic mass is 10.0. The number of nitrogens with zero attached hydrogens (tertiary/aromatic N) is 2. The highest BCUT2D eigenvalue weighted by Crippen LogP contribution is 2.21. The highest BCUT2D eigenvalue weighted by atomic mass is 15.1. The van der Waals surface area contributed by atoms with Gasteiger partial charge in [0.15, 0.2) is 0 Å². The highest BCUT2D eigenvalue weighted by molar-refractivity contribution is 5.83. The van der Waals surface area contributed by atoms with Crippen LogP contribution in [0.2, 0.25) is 0 Å². The summed E-state index contributed by atoms with van der Waals surface area (Å²) in [7, 11) is 4.34. The van der Waals surface area contributed by atoms with E-state index in [0.717, 1.165) is 19.5 Å². The minimum Gasteiger partial charge on any atom is -0.350 e. The molecule has 0 fully saturated rings. The average Bonchev–Trinajstić information content (AvgIpc) is 2.90. The van der Waals surface area contributed by atoms with Crippen LogP contribution in [-0.4, -0.2) is 23.1 Å². The third-order valence-electron chi connectivity index (χ3n) is 4.84. The van der Waals surface area contributed by atoms with Crippen LogP contribution in [0.15, 0.2) is 54.7 Å². The molecule has 1 aromatic heterocycles. The highest BCUT2D eigenvalue weighted by Gasteiger charge is 2.08. The molecule has 1 heterocycles. The van der Waals surface area contributed by atoms with Crippen molar-refractivity contribution < 1.29 is 0 Å². The third kappa shape index (κ3) is 3.70. The Morgan fingerprint density at radius 3 is 2.42 bits per heavy atom. The van der Waals surface area contributed by atoms with Crippen LogP contribution in [-0.2, 0) is 20.0 Å². The maximum absolute atomic E-state index is 2.41. The van der Waals surface area contributed by atoms with E-state index in [4.69, 9.17) is 0 Å². The zero-order chi connectivity index (χ0) is 17.1. The van der Waals surface area contributed by atoms with Crippen molar-refractivity contribution in [3.05, 3.63) is 71.4 Å². The van der Waals surface area contributed by atoms with Gasteiger partial charge in [0.05, 0.1) is 0 Å². The first-order chi connectivity index (χ1) is 11.5. The molecule has 2 heteroatoms. The molecule has 0 aliphatic carbocycles. The van der Waals surface area contributed by atoms with Crippen LogP contribution in [0.25, 0.3) is 10.9 Å². The lowest BCUT2D eigenvalue weighted by Gasteiger charge is -2.17. The monoisotopic (exact) mass is 320 g/mol. The number of likely N-dealkylation sites (N-methyl/N-ethyl adjacent to an activating group) is 1. The summed E-state index contributed by atoms with van der Waals surface area (Å²) in [4.78, 5) is 2.41. The SMILES string of the molecule is CC(C)c1ccc(CN(C)CCc2cn(C)c3ccccc23)cc1. The molecule has 0 atom stereocenters. The number of hydrogen-bond acceptors (Lipinski definition) is 1. The summed E-state index contributed by atoms with van der Waals surface area (Å²) in [6, 6.07) is 17.7. The average molecular weight is 320 g/mol. The molecule has 2 nitrogen and oxygen atoms in total. The Morgan fingerprint density at radius 2 is 1.71 bits per heavy atom. The van der Waals surface area contributed by atoms with E-state index in [1.807, 2.05) is 0 Å². The van der Waals surface area contributed by atoms with Gasteiger partial charge >= 0.3 is 0 Å². The molecule has 0 N–H and O–H groups in total. The summed E-state index contributed by atoms with van der Waals surface area (Å²) in [5, 5.41) is 1.38. The Morgan fingerprint density at radius 1 is 1.00 bits per heavy atom. The zero-order valence-corrected chi connectivity index (χ0v) is 15.3. The molecule has 126 valence electrons. The molecule has 0 aliphatic heterocycles. The smallest absolute Gasteiger partial charge is 0.0480 e. The molecule has 0 saturated heterocycles. The normalized spacial score (nSPS) is 11.8. The minimum atomic E-state index is 0.600. The molecule has 0 spiro atoms. The molecule has 2 aromatic carbocycles. The Bertz CT molecular complexity index is 796. The summed E-state index contributed by atoms with van der Waals surface area (Å²) in [5.41, 5.74) is 5.56. The second-order valence-corrected chi connectivity index (χ2v) is 7.17. The Labute approximate surface area is 145 Å². The van der Waals surface area contributed by atoms with Gasteiger partial charge in [-0.05, 0) is 42.1 Å². The van der Waals surface area contributed by atoms with E-state index in [2.05, 4.69) is 92.1 Å². The van der Waals surface area contributed by atoms with Gasteiger partial charge in [-0.25, -0.2) is 0 Å². The minimum absolute atomic E-state index is 0.600. The van der Waals surface area contributed by atoms with Crippen molar-refractivity contribution in [3.8, 4) is 0 Å². The molecule has 0 saturated carbocycles. The molecule has 0 amide bonds. The summed E-state index contributed by atoms with van der Waals surface area (Å²) in [5.74, 6) is 0.600. The van der Waals surface area contributed by atoms with Crippen LogP contribution in [0.5, 0.6) is 0 Å². The first-order valence-corrected chi connectivity index (χ1v) is 8.85. The van der Waals surface area contributed by atoms with Gasteiger partial charge < -0.3 is 9.47 Å². The van der Waals surface area contributed by atoms with Crippen molar-refractivity contribution in [2.24, 2.45) is 7.05 Å². The fourth-order valence-corrected chi connectivity index (χ4v) is 3.33. The number of fused-ring (bicyclic) bond motifs is 1. The summed E-state index contributed by atoms with van der Waals surface area (Å²) in [6.45, 7) is 6.56. The van der Waals surface area contributed by atoms with Crippen LogP contribution in [0.3, 0.4) is 0 Å². The van der Waals surface area contributed by atoms with E-state index in [0.29, 0.717) is 5.92 Å². The zero-order valence-electron chi connectivity index (χ0n) is 15.3. The van der Waals surface area contributed by atoms with Gasteiger partial charge in [0.2, 0.25) is 0 Å². The number of para-hydroxylation sites is 1. The van der Waals surface area contributed by atoms with Gasteiger partial charge in [-0.2, -0.15) is 0 Å². The van der Waals surface area contributed by atoms with E-state index in [9.17, 15) is 0 Å². The Kier molecular flexibility index (Phi) is 5.06. The van der Waals surface area contributed by atoms with Gasteiger partial charge in [-0.3, -0.25) is 0 Å². The predicted molar refractivity (Wildman–Crippen MR) is 103 cm³/mol. The number of rotatable bonds is 6.